The molecule has 2 N–H and O–H groups in total. The van der Waals surface area contributed by atoms with Gasteiger partial charge < -0.3 is 10.5 Å². The van der Waals surface area contributed by atoms with Crippen molar-refractivity contribution in [2.24, 2.45) is 11.7 Å². The van der Waals surface area contributed by atoms with Crippen LogP contribution in [0.4, 0.5) is 0 Å². The summed E-state index contributed by atoms with van der Waals surface area (Å²) in [5.41, 5.74) is 5.26. The maximum Gasteiger partial charge on any atom is 0.223 e. The second-order valence-electron chi connectivity index (χ2n) is 3.32. The minimum absolute atomic E-state index is 0.0784. The molecule has 1 amide bonds. The molecule has 0 aromatic carbocycles. The predicted molar refractivity (Wildman–Crippen MR) is 46.6 cm³/mol. The number of hydrogen-bond donors (Lipinski definition) is 1. The summed E-state index contributed by atoms with van der Waals surface area (Å²) in [7, 11) is 0. The Balaban J connectivity index is 2.46. The molecule has 3 heteroatoms. The van der Waals surface area contributed by atoms with Crippen molar-refractivity contribution < 1.29 is 9.53 Å². The van der Waals surface area contributed by atoms with E-state index in [4.69, 9.17) is 10.5 Å². The lowest BCUT2D eigenvalue weighted by atomic mass is 9.93. The Kier molecular flexibility index (Phi) is 3.53. The van der Waals surface area contributed by atoms with Crippen LogP contribution in [0.5, 0.6) is 0 Å². The van der Waals surface area contributed by atoms with Crippen molar-refractivity contribution in [2.45, 2.75) is 38.7 Å². The molecule has 1 fully saturated rings. The van der Waals surface area contributed by atoms with Crippen molar-refractivity contribution in [1.29, 1.82) is 0 Å². The first kappa shape index (κ1) is 9.52. The third-order valence-corrected chi connectivity index (χ3v) is 2.47. The normalized spacial score (nSPS) is 26.6. The monoisotopic (exact) mass is 171 g/mol. The summed E-state index contributed by atoms with van der Waals surface area (Å²) >= 11 is 0. The minimum atomic E-state index is -0.218. The molecule has 1 aliphatic heterocycles. The molecule has 1 rings (SSSR count). The zero-order valence-corrected chi connectivity index (χ0v) is 7.58. The van der Waals surface area contributed by atoms with Crippen LogP contribution >= 0.6 is 0 Å². The molecule has 0 saturated carbocycles. The summed E-state index contributed by atoms with van der Waals surface area (Å²) in [6, 6.07) is 0. The van der Waals surface area contributed by atoms with Gasteiger partial charge in [0.2, 0.25) is 5.91 Å². The Labute approximate surface area is 73.3 Å². The highest BCUT2D eigenvalue weighted by Gasteiger charge is 2.26. The van der Waals surface area contributed by atoms with Gasteiger partial charge in [0.1, 0.15) is 0 Å². The Hall–Kier alpha value is -0.570. The van der Waals surface area contributed by atoms with E-state index in [1.165, 1.54) is 0 Å². The molecule has 0 spiro atoms. The first-order chi connectivity index (χ1) is 5.75. The van der Waals surface area contributed by atoms with Crippen LogP contribution in [0.1, 0.15) is 32.6 Å². The fraction of sp³-hybridized carbons (Fsp3) is 0.889. The Morgan fingerprint density at radius 1 is 1.67 bits per heavy atom. The van der Waals surface area contributed by atoms with Gasteiger partial charge in [-0.1, -0.05) is 6.92 Å². The molecule has 0 bridgehead atoms. The smallest absolute Gasteiger partial charge is 0.223 e. The average molecular weight is 171 g/mol. The Morgan fingerprint density at radius 2 is 2.42 bits per heavy atom. The number of hydrogen-bond acceptors (Lipinski definition) is 2. The van der Waals surface area contributed by atoms with Gasteiger partial charge in [0.15, 0.2) is 0 Å². The van der Waals surface area contributed by atoms with Gasteiger partial charge in [-0.15, -0.1) is 0 Å². The molecule has 0 aromatic rings. The fourth-order valence-electron chi connectivity index (χ4n) is 1.73. The number of primary amides is 1. The van der Waals surface area contributed by atoms with Gasteiger partial charge in [-0.2, -0.15) is 0 Å². The summed E-state index contributed by atoms with van der Waals surface area (Å²) < 4.78 is 5.49. The quantitative estimate of drug-likeness (QED) is 0.690. The number of ether oxygens (including phenoxy) is 1. The minimum Gasteiger partial charge on any atom is -0.377 e. The number of rotatable bonds is 3. The van der Waals surface area contributed by atoms with Crippen molar-refractivity contribution >= 4 is 5.91 Å². The first-order valence-corrected chi connectivity index (χ1v) is 4.66. The molecule has 2 atom stereocenters. The third kappa shape index (κ3) is 2.21. The van der Waals surface area contributed by atoms with E-state index in [9.17, 15) is 4.79 Å². The van der Waals surface area contributed by atoms with Crippen LogP contribution in [0.25, 0.3) is 0 Å². The van der Waals surface area contributed by atoms with Crippen molar-refractivity contribution in [3.05, 3.63) is 0 Å². The fourth-order valence-corrected chi connectivity index (χ4v) is 1.73. The number of nitrogens with two attached hydrogens (primary N) is 1. The van der Waals surface area contributed by atoms with E-state index < -0.39 is 0 Å². The van der Waals surface area contributed by atoms with Crippen molar-refractivity contribution in [2.75, 3.05) is 6.61 Å². The largest absolute Gasteiger partial charge is 0.377 e. The molecule has 0 aromatic heterocycles. The maximum absolute atomic E-state index is 11.0. The van der Waals surface area contributed by atoms with Gasteiger partial charge in [-0.05, 0) is 25.7 Å². The van der Waals surface area contributed by atoms with Crippen LogP contribution in [-0.2, 0) is 9.53 Å². The number of carbonyl (C=O) groups excluding carboxylic acids is 1. The molecule has 70 valence electrons. The lowest BCUT2D eigenvalue weighted by Crippen LogP contribution is -2.36. The maximum atomic E-state index is 11.0. The molecule has 2 unspecified atom stereocenters. The molecule has 12 heavy (non-hydrogen) atoms. The van der Waals surface area contributed by atoms with Crippen LogP contribution < -0.4 is 5.73 Å². The molecular weight excluding hydrogens is 154 g/mol. The molecule has 0 radical (unpaired) electrons. The van der Waals surface area contributed by atoms with Gasteiger partial charge in [0.05, 0.1) is 12.0 Å². The molecule has 1 saturated heterocycles. The van der Waals surface area contributed by atoms with Gasteiger partial charge in [-0.25, -0.2) is 0 Å². The highest BCUT2D eigenvalue weighted by atomic mass is 16.5. The Bertz CT molecular complexity index is 153. The lowest BCUT2D eigenvalue weighted by molar-refractivity contribution is -0.129. The van der Waals surface area contributed by atoms with Crippen molar-refractivity contribution in [1.82, 2.24) is 0 Å². The molecular formula is C9H17NO2. The molecule has 1 heterocycles. The second kappa shape index (κ2) is 4.45. The highest BCUT2D eigenvalue weighted by molar-refractivity contribution is 5.77. The van der Waals surface area contributed by atoms with Crippen LogP contribution in [0, 0.1) is 5.92 Å². The second-order valence-corrected chi connectivity index (χ2v) is 3.32. The zero-order valence-electron chi connectivity index (χ0n) is 7.58. The third-order valence-electron chi connectivity index (χ3n) is 2.47. The van der Waals surface area contributed by atoms with Gasteiger partial charge >= 0.3 is 0 Å². The van der Waals surface area contributed by atoms with Crippen LogP contribution in [0.3, 0.4) is 0 Å². The van der Waals surface area contributed by atoms with E-state index in [0.29, 0.717) is 0 Å². The van der Waals surface area contributed by atoms with Crippen LogP contribution in [0.15, 0.2) is 0 Å². The average Bonchev–Trinajstić information content (AvgIpc) is 2.07. The molecule has 1 aliphatic rings. The van der Waals surface area contributed by atoms with E-state index in [1.54, 1.807) is 0 Å². The summed E-state index contributed by atoms with van der Waals surface area (Å²) in [6.07, 6.45) is 4.14. The van der Waals surface area contributed by atoms with E-state index in [0.717, 1.165) is 32.3 Å². The lowest BCUT2D eigenvalue weighted by Gasteiger charge is -2.27. The van der Waals surface area contributed by atoms with Crippen molar-refractivity contribution in [3.8, 4) is 0 Å². The molecule has 0 aliphatic carbocycles. The van der Waals surface area contributed by atoms with E-state index in [1.807, 2.05) is 6.92 Å². The van der Waals surface area contributed by atoms with Gasteiger partial charge in [-0.3, -0.25) is 4.79 Å². The predicted octanol–water partition coefficient (Wildman–Crippen LogP) is 1.07. The Morgan fingerprint density at radius 3 is 2.83 bits per heavy atom. The summed E-state index contributed by atoms with van der Waals surface area (Å²) in [4.78, 5) is 11.0. The van der Waals surface area contributed by atoms with E-state index in [2.05, 4.69) is 0 Å². The van der Waals surface area contributed by atoms with Crippen LogP contribution in [0.2, 0.25) is 0 Å². The SMILES string of the molecule is CCC(C(N)=O)C1CCCCO1. The summed E-state index contributed by atoms with van der Waals surface area (Å²) in [5.74, 6) is -0.297. The topological polar surface area (TPSA) is 52.3 Å². The van der Waals surface area contributed by atoms with Crippen molar-refractivity contribution in [3.63, 3.8) is 0 Å². The summed E-state index contributed by atoms with van der Waals surface area (Å²) in [6.45, 7) is 2.77. The van der Waals surface area contributed by atoms with Gasteiger partial charge in [0.25, 0.3) is 0 Å². The highest BCUT2D eigenvalue weighted by Crippen LogP contribution is 2.21. The number of amides is 1. The standard InChI is InChI=1S/C9H17NO2/c1-2-7(9(10)11)8-5-3-4-6-12-8/h7-8H,2-6H2,1H3,(H2,10,11). The van der Waals surface area contributed by atoms with E-state index >= 15 is 0 Å². The van der Waals surface area contributed by atoms with Gasteiger partial charge in [0, 0.05) is 6.61 Å². The first-order valence-electron chi connectivity index (χ1n) is 4.66. The summed E-state index contributed by atoms with van der Waals surface area (Å²) in [5, 5.41) is 0. The molecule has 3 nitrogen and oxygen atoms in total. The van der Waals surface area contributed by atoms with E-state index in [-0.39, 0.29) is 17.9 Å². The number of carbonyl (C=O) groups is 1. The zero-order chi connectivity index (χ0) is 8.97. The van der Waals surface area contributed by atoms with Crippen LogP contribution in [-0.4, -0.2) is 18.6 Å².